The minimum atomic E-state index is -0.153. The van der Waals surface area contributed by atoms with Gasteiger partial charge in [0.25, 0.3) is 0 Å². The molecule has 0 aromatic heterocycles. The fourth-order valence-electron chi connectivity index (χ4n) is 2.41. The first-order chi connectivity index (χ1) is 8.61. The summed E-state index contributed by atoms with van der Waals surface area (Å²) in [5, 5.41) is 9.71. The quantitative estimate of drug-likeness (QED) is 0.851. The number of halogens is 1. The van der Waals surface area contributed by atoms with Crippen molar-refractivity contribution in [3.8, 4) is 0 Å². The number of hydrogen-bond acceptors (Lipinski definition) is 3. The zero-order valence-corrected chi connectivity index (χ0v) is 11.2. The SMILES string of the molecule is CC(C(=O)c1cccc(Cl)c1)N1CCC(CO)C1. The third-order valence-electron chi connectivity index (χ3n) is 3.61. The zero-order valence-electron chi connectivity index (χ0n) is 10.5. The van der Waals surface area contributed by atoms with Crippen LogP contribution in [-0.4, -0.2) is 41.5 Å². The lowest BCUT2D eigenvalue weighted by molar-refractivity contribution is 0.0858. The molecule has 1 fully saturated rings. The van der Waals surface area contributed by atoms with E-state index in [1.165, 1.54) is 0 Å². The molecule has 1 heterocycles. The topological polar surface area (TPSA) is 40.5 Å². The van der Waals surface area contributed by atoms with E-state index < -0.39 is 0 Å². The molecular weight excluding hydrogens is 250 g/mol. The van der Waals surface area contributed by atoms with Crippen LogP contribution in [0.3, 0.4) is 0 Å². The summed E-state index contributed by atoms with van der Waals surface area (Å²) in [4.78, 5) is 14.4. The zero-order chi connectivity index (χ0) is 13.1. The van der Waals surface area contributed by atoms with Crippen molar-refractivity contribution in [2.24, 2.45) is 5.92 Å². The van der Waals surface area contributed by atoms with Crippen LogP contribution in [0.4, 0.5) is 0 Å². The van der Waals surface area contributed by atoms with Crippen molar-refractivity contribution >= 4 is 17.4 Å². The highest BCUT2D eigenvalue weighted by atomic mass is 35.5. The van der Waals surface area contributed by atoms with E-state index in [9.17, 15) is 4.79 Å². The van der Waals surface area contributed by atoms with Crippen LogP contribution in [0.2, 0.25) is 5.02 Å². The van der Waals surface area contributed by atoms with Crippen LogP contribution in [0.25, 0.3) is 0 Å². The standard InChI is InChI=1S/C14H18ClNO2/c1-10(16-6-5-11(8-16)9-17)14(18)12-3-2-4-13(15)7-12/h2-4,7,10-11,17H,5-6,8-9H2,1H3. The second kappa shape index (κ2) is 5.83. The van der Waals surface area contributed by atoms with Crippen molar-refractivity contribution in [3.05, 3.63) is 34.9 Å². The van der Waals surface area contributed by atoms with Gasteiger partial charge >= 0.3 is 0 Å². The van der Waals surface area contributed by atoms with Gasteiger partial charge in [-0.3, -0.25) is 9.69 Å². The van der Waals surface area contributed by atoms with E-state index in [0.29, 0.717) is 16.5 Å². The first-order valence-electron chi connectivity index (χ1n) is 6.26. The Kier molecular flexibility index (Phi) is 4.38. The van der Waals surface area contributed by atoms with Gasteiger partial charge in [0.2, 0.25) is 0 Å². The van der Waals surface area contributed by atoms with Crippen molar-refractivity contribution in [3.63, 3.8) is 0 Å². The smallest absolute Gasteiger partial charge is 0.179 e. The molecule has 0 aliphatic carbocycles. The summed E-state index contributed by atoms with van der Waals surface area (Å²) >= 11 is 5.90. The number of carbonyl (C=O) groups is 1. The van der Waals surface area contributed by atoms with E-state index in [0.717, 1.165) is 19.5 Å². The van der Waals surface area contributed by atoms with E-state index in [1.54, 1.807) is 24.3 Å². The summed E-state index contributed by atoms with van der Waals surface area (Å²) in [5.74, 6) is 0.399. The Morgan fingerprint density at radius 2 is 2.39 bits per heavy atom. The number of Topliss-reactive ketones (excluding diaryl/α,β-unsaturated/α-hetero) is 1. The van der Waals surface area contributed by atoms with Crippen molar-refractivity contribution in [2.45, 2.75) is 19.4 Å². The molecule has 1 N–H and O–H groups in total. The molecule has 98 valence electrons. The number of likely N-dealkylation sites (tertiary alicyclic amines) is 1. The molecule has 18 heavy (non-hydrogen) atoms. The summed E-state index contributed by atoms with van der Waals surface area (Å²) in [6.45, 7) is 3.79. The predicted molar refractivity (Wildman–Crippen MR) is 72.0 cm³/mol. The first-order valence-corrected chi connectivity index (χ1v) is 6.64. The lowest BCUT2D eigenvalue weighted by Crippen LogP contribution is -2.37. The fraction of sp³-hybridized carbons (Fsp3) is 0.500. The minimum Gasteiger partial charge on any atom is -0.396 e. The van der Waals surface area contributed by atoms with Gasteiger partial charge in [-0.05, 0) is 37.9 Å². The second-order valence-corrected chi connectivity index (χ2v) is 5.32. The van der Waals surface area contributed by atoms with Crippen LogP contribution in [0.1, 0.15) is 23.7 Å². The van der Waals surface area contributed by atoms with Gasteiger partial charge in [0.05, 0.1) is 6.04 Å². The number of aliphatic hydroxyl groups is 1. The van der Waals surface area contributed by atoms with Gasteiger partial charge in [-0.15, -0.1) is 0 Å². The van der Waals surface area contributed by atoms with Gasteiger partial charge in [0.15, 0.2) is 5.78 Å². The van der Waals surface area contributed by atoms with Crippen molar-refractivity contribution in [2.75, 3.05) is 19.7 Å². The third kappa shape index (κ3) is 2.91. The molecule has 0 saturated carbocycles. The number of nitrogens with zero attached hydrogens (tertiary/aromatic N) is 1. The lowest BCUT2D eigenvalue weighted by atomic mass is 10.0. The molecule has 0 bridgehead atoms. The number of benzene rings is 1. The van der Waals surface area contributed by atoms with Crippen LogP contribution < -0.4 is 0 Å². The maximum absolute atomic E-state index is 12.3. The van der Waals surface area contributed by atoms with E-state index >= 15 is 0 Å². The summed E-state index contributed by atoms with van der Waals surface area (Å²) in [6, 6.07) is 6.91. The number of hydrogen-bond donors (Lipinski definition) is 1. The van der Waals surface area contributed by atoms with E-state index in [2.05, 4.69) is 4.90 Å². The van der Waals surface area contributed by atoms with Crippen LogP contribution in [0.5, 0.6) is 0 Å². The Morgan fingerprint density at radius 3 is 3.00 bits per heavy atom. The minimum absolute atomic E-state index is 0.0936. The van der Waals surface area contributed by atoms with Gasteiger partial charge in [-0.1, -0.05) is 23.7 Å². The normalized spacial score (nSPS) is 22.1. The van der Waals surface area contributed by atoms with Crippen LogP contribution in [-0.2, 0) is 0 Å². The monoisotopic (exact) mass is 267 g/mol. The molecule has 1 saturated heterocycles. The summed E-state index contributed by atoms with van der Waals surface area (Å²) in [5.41, 5.74) is 0.655. The lowest BCUT2D eigenvalue weighted by Gasteiger charge is -2.23. The number of rotatable bonds is 4. The van der Waals surface area contributed by atoms with Gasteiger partial charge in [-0.25, -0.2) is 0 Å². The number of aliphatic hydroxyl groups excluding tert-OH is 1. The van der Waals surface area contributed by atoms with Crippen molar-refractivity contribution in [1.82, 2.24) is 4.90 Å². The van der Waals surface area contributed by atoms with Gasteiger partial charge < -0.3 is 5.11 Å². The van der Waals surface area contributed by atoms with E-state index in [-0.39, 0.29) is 18.4 Å². The largest absolute Gasteiger partial charge is 0.396 e. The molecular formula is C14H18ClNO2. The number of carbonyl (C=O) groups excluding carboxylic acids is 1. The summed E-state index contributed by atoms with van der Waals surface area (Å²) < 4.78 is 0. The first kappa shape index (κ1) is 13.5. The molecule has 2 rings (SSSR count). The molecule has 0 spiro atoms. The van der Waals surface area contributed by atoms with Gasteiger partial charge in [0.1, 0.15) is 0 Å². The molecule has 2 atom stereocenters. The second-order valence-electron chi connectivity index (χ2n) is 4.88. The Bertz CT molecular complexity index is 436. The van der Waals surface area contributed by atoms with E-state index in [4.69, 9.17) is 16.7 Å². The average Bonchev–Trinajstić information content (AvgIpc) is 2.85. The Labute approximate surface area is 112 Å². The third-order valence-corrected chi connectivity index (χ3v) is 3.85. The molecule has 1 aliphatic heterocycles. The highest BCUT2D eigenvalue weighted by Gasteiger charge is 2.29. The van der Waals surface area contributed by atoms with Crippen LogP contribution >= 0.6 is 11.6 Å². The van der Waals surface area contributed by atoms with Gasteiger partial charge in [0, 0.05) is 23.7 Å². The molecule has 1 aliphatic rings. The Morgan fingerprint density at radius 1 is 1.61 bits per heavy atom. The highest BCUT2D eigenvalue weighted by molar-refractivity contribution is 6.31. The Hall–Kier alpha value is -0.900. The highest BCUT2D eigenvalue weighted by Crippen LogP contribution is 2.21. The summed E-state index contributed by atoms with van der Waals surface area (Å²) in [6.07, 6.45) is 0.962. The molecule has 0 radical (unpaired) electrons. The molecule has 4 heteroatoms. The molecule has 1 aromatic carbocycles. The Balaban J connectivity index is 2.05. The average molecular weight is 268 g/mol. The van der Waals surface area contributed by atoms with E-state index in [1.807, 2.05) is 6.92 Å². The number of ketones is 1. The maximum Gasteiger partial charge on any atom is 0.179 e. The van der Waals surface area contributed by atoms with Crippen LogP contribution in [0.15, 0.2) is 24.3 Å². The molecule has 2 unspecified atom stereocenters. The van der Waals surface area contributed by atoms with Crippen molar-refractivity contribution < 1.29 is 9.90 Å². The molecule has 1 aromatic rings. The molecule has 0 amide bonds. The predicted octanol–water partition coefficient (Wildman–Crippen LogP) is 2.23. The maximum atomic E-state index is 12.3. The molecule has 3 nitrogen and oxygen atoms in total. The van der Waals surface area contributed by atoms with Gasteiger partial charge in [-0.2, -0.15) is 0 Å². The summed E-state index contributed by atoms with van der Waals surface area (Å²) in [7, 11) is 0. The fourth-order valence-corrected chi connectivity index (χ4v) is 2.60. The van der Waals surface area contributed by atoms with Crippen molar-refractivity contribution in [1.29, 1.82) is 0 Å². The van der Waals surface area contributed by atoms with Crippen LogP contribution in [0, 0.1) is 5.92 Å².